The summed E-state index contributed by atoms with van der Waals surface area (Å²) in [5.41, 5.74) is 7.28. The maximum absolute atomic E-state index is 14.2. The number of hydrogen-bond donors (Lipinski definition) is 0. The Kier molecular flexibility index (Phi) is 6.42. The van der Waals surface area contributed by atoms with Crippen LogP contribution in [0.3, 0.4) is 0 Å². The Morgan fingerprint density at radius 2 is 1.16 bits per heavy atom. The molecule has 6 rings (SSSR count). The van der Waals surface area contributed by atoms with Gasteiger partial charge in [-0.15, -0.1) is 0 Å². The van der Waals surface area contributed by atoms with Gasteiger partial charge in [-0.05, 0) is 53.8 Å². The first-order chi connectivity index (χ1) is 18.6. The van der Waals surface area contributed by atoms with Gasteiger partial charge in [0.15, 0.2) is 11.6 Å². The molecule has 0 spiro atoms. The van der Waals surface area contributed by atoms with E-state index in [2.05, 4.69) is 51.7 Å². The van der Waals surface area contributed by atoms with E-state index in [4.69, 9.17) is 0 Å². The lowest BCUT2D eigenvalue weighted by molar-refractivity contribution is 0.0981. The molecule has 0 radical (unpaired) electrons. The summed E-state index contributed by atoms with van der Waals surface area (Å²) in [7, 11) is 0. The number of halogens is 1. The highest BCUT2D eigenvalue weighted by Gasteiger charge is 2.39. The highest BCUT2D eigenvalue weighted by molar-refractivity contribution is 9.10. The van der Waals surface area contributed by atoms with Crippen LogP contribution in [0.1, 0.15) is 57.2 Å². The van der Waals surface area contributed by atoms with E-state index in [1.54, 1.807) is 12.1 Å². The molecule has 0 saturated carbocycles. The van der Waals surface area contributed by atoms with E-state index in [0.717, 1.165) is 51.9 Å². The van der Waals surface area contributed by atoms with Crippen molar-refractivity contribution >= 4 is 27.5 Å². The van der Waals surface area contributed by atoms with Crippen LogP contribution in [-0.2, 0) is 6.42 Å². The fourth-order valence-corrected chi connectivity index (χ4v) is 5.63. The van der Waals surface area contributed by atoms with Crippen LogP contribution in [0, 0.1) is 0 Å². The van der Waals surface area contributed by atoms with E-state index >= 15 is 0 Å². The van der Waals surface area contributed by atoms with E-state index in [1.165, 1.54) is 5.56 Å². The zero-order valence-electron chi connectivity index (χ0n) is 21.1. The highest BCUT2D eigenvalue weighted by atomic mass is 79.9. The largest absolute Gasteiger partial charge is 0.308 e. The third-order valence-corrected chi connectivity index (χ3v) is 7.75. The molecular formula is C34H26BrNO2. The molecule has 4 heteroatoms. The van der Waals surface area contributed by atoms with E-state index in [9.17, 15) is 9.59 Å². The fraction of sp³-hybridized carbons (Fsp3) is 0.118. The van der Waals surface area contributed by atoms with E-state index in [-0.39, 0.29) is 11.6 Å². The van der Waals surface area contributed by atoms with Gasteiger partial charge in [-0.3, -0.25) is 9.59 Å². The molecule has 0 fully saturated rings. The third kappa shape index (κ3) is 4.06. The minimum Gasteiger partial charge on any atom is -0.308 e. The molecule has 3 nitrogen and oxygen atoms in total. The van der Waals surface area contributed by atoms with Crippen molar-refractivity contribution in [3.05, 3.63) is 135 Å². The standard InChI is InChI=1S/C34H26BrNO2/c1-2-3-9-22-14-16-24(17-15-22)32-30-29(33(37)27-12-7-8-13-28(27)34(30)38)31(23-10-5-4-6-11-23)36(32)26-20-18-25(35)19-21-26/h4-8,10-21H,2-3,9H2,1H3. The Bertz CT molecular complexity index is 1660. The van der Waals surface area contributed by atoms with Crippen LogP contribution in [0.5, 0.6) is 0 Å². The number of benzene rings is 4. The number of nitrogens with zero attached hydrogens (tertiary/aromatic N) is 1. The van der Waals surface area contributed by atoms with Crippen molar-refractivity contribution in [3.8, 4) is 28.2 Å². The molecule has 38 heavy (non-hydrogen) atoms. The lowest BCUT2D eigenvalue weighted by Crippen LogP contribution is -2.20. The number of carbonyl (C=O) groups excluding carboxylic acids is 2. The average molecular weight is 560 g/mol. The van der Waals surface area contributed by atoms with E-state index < -0.39 is 0 Å². The lowest BCUT2D eigenvalue weighted by Gasteiger charge is -2.16. The van der Waals surface area contributed by atoms with Gasteiger partial charge in [-0.25, -0.2) is 0 Å². The third-order valence-electron chi connectivity index (χ3n) is 7.22. The number of rotatable bonds is 6. The van der Waals surface area contributed by atoms with Crippen LogP contribution in [0.4, 0.5) is 0 Å². The van der Waals surface area contributed by atoms with Crippen molar-refractivity contribution in [2.45, 2.75) is 26.2 Å². The normalized spacial score (nSPS) is 12.4. The van der Waals surface area contributed by atoms with Crippen LogP contribution < -0.4 is 0 Å². The Morgan fingerprint density at radius 3 is 1.71 bits per heavy atom. The summed E-state index contributed by atoms with van der Waals surface area (Å²) in [6.45, 7) is 2.19. The van der Waals surface area contributed by atoms with Crippen LogP contribution in [0.25, 0.3) is 28.2 Å². The Morgan fingerprint density at radius 1 is 0.632 bits per heavy atom. The molecule has 1 aromatic heterocycles. The monoisotopic (exact) mass is 559 g/mol. The van der Waals surface area contributed by atoms with Gasteiger partial charge in [0.25, 0.3) is 0 Å². The molecular weight excluding hydrogens is 534 g/mol. The first-order valence-corrected chi connectivity index (χ1v) is 13.8. The Hall–Kier alpha value is -4.02. The minimum atomic E-state index is -0.120. The van der Waals surface area contributed by atoms with Gasteiger partial charge in [0.1, 0.15) is 0 Å². The van der Waals surface area contributed by atoms with Crippen LogP contribution in [0.15, 0.2) is 108 Å². The average Bonchev–Trinajstić information content (AvgIpc) is 3.32. The van der Waals surface area contributed by atoms with Crippen molar-refractivity contribution in [2.75, 3.05) is 0 Å². The number of hydrogen-bond acceptors (Lipinski definition) is 2. The second-order valence-corrected chi connectivity index (χ2v) is 10.5. The number of aromatic nitrogens is 1. The number of ketones is 2. The molecule has 1 heterocycles. The molecule has 0 amide bonds. The Balaban J connectivity index is 1.71. The summed E-state index contributed by atoms with van der Waals surface area (Å²) in [5.74, 6) is -0.237. The predicted octanol–water partition coefficient (Wildman–Crippen LogP) is 8.69. The summed E-state index contributed by atoms with van der Waals surface area (Å²) >= 11 is 3.55. The number of carbonyl (C=O) groups is 2. The molecule has 0 atom stereocenters. The molecule has 1 aliphatic rings. The molecule has 0 bridgehead atoms. The molecule has 0 saturated heterocycles. The quantitative estimate of drug-likeness (QED) is 0.204. The van der Waals surface area contributed by atoms with Crippen molar-refractivity contribution in [1.82, 2.24) is 4.57 Å². The predicted molar refractivity (Wildman–Crippen MR) is 156 cm³/mol. The molecule has 186 valence electrons. The molecule has 1 aliphatic carbocycles. The van der Waals surface area contributed by atoms with Crippen molar-refractivity contribution in [2.24, 2.45) is 0 Å². The van der Waals surface area contributed by atoms with Crippen LogP contribution in [-0.4, -0.2) is 16.1 Å². The maximum atomic E-state index is 14.2. The SMILES string of the molecule is CCCCc1ccc(-c2c3c(c(-c4ccccc4)n2-c2ccc(Br)cc2)C(=O)c2ccccc2C3=O)cc1. The van der Waals surface area contributed by atoms with E-state index in [0.29, 0.717) is 22.3 Å². The molecule has 4 aromatic carbocycles. The fourth-order valence-electron chi connectivity index (χ4n) is 5.36. The second kappa shape index (κ2) is 10.0. The minimum absolute atomic E-state index is 0.117. The summed E-state index contributed by atoms with van der Waals surface area (Å²) < 4.78 is 3.05. The van der Waals surface area contributed by atoms with Crippen LogP contribution >= 0.6 is 15.9 Å². The molecule has 0 unspecified atom stereocenters. The first kappa shape index (κ1) is 24.3. The number of unbranched alkanes of at least 4 members (excludes halogenated alkanes) is 1. The van der Waals surface area contributed by atoms with Crippen molar-refractivity contribution < 1.29 is 9.59 Å². The summed E-state index contributed by atoms with van der Waals surface area (Å²) in [6, 6.07) is 33.5. The van der Waals surface area contributed by atoms with Gasteiger partial charge < -0.3 is 4.57 Å². The maximum Gasteiger partial charge on any atom is 0.196 e. The van der Waals surface area contributed by atoms with Gasteiger partial charge in [0.2, 0.25) is 0 Å². The number of fused-ring (bicyclic) bond motifs is 2. The van der Waals surface area contributed by atoms with Crippen molar-refractivity contribution in [1.29, 1.82) is 0 Å². The topological polar surface area (TPSA) is 39.1 Å². The van der Waals surface area contributed by atoms with Gasteiger partial charge >= 0.3 is 0 Å². The zero-order valence-corrected chi connectivity index (χ0v) is 22.7. The highest BCUT2D eigenvalue weighted by Crippen LogP contribution is 2.44. The molecule has 5 aromatic rings. The van der Waals surface area contributed by atoms with E-state index in [1.807, 2.05) is 66.7 Å². The van der Waals surface area contributed by atoms with Gasteiger partial charge in [0, 0.05) is 21.3 Å². The lowest BCUT2D eigenvalue weighted by atomic mass is 9.82. The first-order valence-electron chi connectivity index (χ1n) is 13.0. The second-order valence-electron chi connectivity index (χ2n) is 9.63. The van der Waals surface area contributed by atoms with Crippen molar-refractivity contribution in [3.63, 3.8) is 0 Å². The summed E-state index contributed by atoms with van der Waals surface area (Å²) in [6.07, 6.45) is 3.28. The van der Waals surface area contributed by atoms with Gasteiger partial charge in [-0.2, -0.15) is 0 Å². The van der Waals surface area contributed by atoms with Gasteiger partial charge in [0.05, 0.1) is 22.5 Å². The smallest absolute Gasteiger partial charge is 0.196 e. The van der Waals surface area contributed by atoms with Gasteiger partial charge in [-0.1, -0.05) is 108 Å². The summed E-state index contributed by atoms with van der Waals surface area (Å²) in [4.78, 5) is 28.3. The summed E-state index contributed by atoms with van der Waals surface area (Å²) in [5, 5.41) is 0. The molecule has 0 N–H and O–H groups in total. The molecule has 0 aliphatic heterocycles. The number of aryl methyl sites for hydroxylation is 1. The van der Waals surface area contributed by atoms with Crippen LogP contribution in [0.2, 0.25) is 0 Å². The zero-order chi connectivity index (χ0) is 26.2. The Labute approximate surface area is 230 Å².